The van der Waals surface area contributed by atoms with Crippen LogP contribution >= 0.6 is 0 Å². The molecule has 2 rings (SSSR count). The first-order valence-corrected chi connectivity index (χ1v) is 10.1. The second-order valence-electron chi connectivity index (χ2n) is 6.13. The van der Waals surface area contributed by atoms with E-state index in [0.717, 1.165) is 6.26 Å². The fraction of sp³-hybridized carbons (Fsp3) is 0.316. The van der Waals surface area contributed by atoms with Crippen molar-refractivity contribution >= 4 is 21.6 Å². The second-order valence-corrected chi connectivity index (χ2v) is 8.14. The highest BCUT2D eigenvalue weighted by Gasteiger charge is 2.12. The average molecular weight is 376 g/mol. The second kappa shape index (κ2) is 8.71. The number of amides is 1. The molecule has 1 N–H and O–H groups in total. The smallest absolute Gasteiger partial charge is 0.257 e. The lowest BCUT2D eigenvalue weighted by Crippen LogP contribution is -2.31. The lowest BCUT2D eigenvalue weighted by atomic mass is 10.0. The molecule has 140 valence electrons. The van der Waals surface area contributed by atoms with Crippen LogP contribution in [0.15, 0.2) is 54.6 Å². The molecule has 0 aliphatic carbocycles. The maximum atomic E-state index is 11.9. The van der Waals surface area contributed by atoms with Crippen LogP contribution in [-0.4, -0.2) is 40.8 Å². The van der Waals surface area contributed by atoms with Crippen molar-refractivity contribution in [3.63, 3.8) is 0 Å². The molecule has 0 saturated carbocycles. The van der Waals surface area contributed by atoms with Gasteiger partial charge in [-0.1, -0.05) is 37.3 Å². The minimum absolute atomic E-state index is 0.0945. The van der Waals surface area contributed by atoms with Crippen molar-refractivity contribution in [2.45, 2.75) is 12.8 Å². The van der Waals surface area contributed by atoms with E-state index in [1.54, 1.807) is 24.3 Å². The Balaban J connectivity index is 1.80. The quantitative estimate of drug-likeness (QED) is 0.767. The molecule has 0 saturated heterocycles. The molecular weight excluding hydrogens is 352 g/mol. The molecule has 0 fully saturated rings. The summed E-state index contributed by atoms with van der Waals surface area (Å²) in [5.41, 5.74) is 1.69. The zero-order chi connectivity index (χ0) is 19.2. The predicted octanol–water partition coefficient (Wildman–Crippen LogP) is 2.38. The predicted molar refractivity (Wildman–Crippen MR) is 103 cm³/mol. The summed E-state index contributed by atoms with van der Waals surface area (Å²) >= 11 is 0. The first-order chi connectivity index (χ1) is 12.3. The van der Waals surface area contributed by atoms with Crippen molar-refractivity contribution in [1.29, 1.82) is 0 Å². The van der Waals surface area contributed by atoms with Gasteiger partial charge in [0, 0.05) is 13.6 Å². The third-order valence-corrected chi connectivity index (χ3v) is 5.25. The van der Waals surface area contributed by atoms with E-state index in [4.69, 9.17) is 4.74 Å². The number of sulfonamides is 1. The molecule has 0 aromatic heterocycles. The molecule has 2 aromatic carbocycles. The van der Waals surface area contributed by atoms with E-state index in [1.807, 2.05) is 37.3 Å². The minimum Gasteiger partial charge on any atom is -0.484 e. The molecule has 2 aromatic rings. The highest BCUT2D eigenvalue weighted by molar-refractivity contribution is 7.92. The van der Waals surface area contributed by atoms with E-state index in [2.05, 4.69) is 5.32 Å². The van der Waals surface area contributed by atoms with Crippen LogP contribution in [0.5, 0.6) is 5.75 Å². The van der Waals surface area contributed by atoms with Crippen LogP contribution in [0.25, 0.3) is 0 Å². The zero-order valence-electron chi connectivity index (χ0n) is 15.2. The van der Waals surface area contributed by atoms with Crippen LogP contribution in [0, 0.1) is 0 Å². The summed E-state index contributed by atoms with van der Waals surface area (Å²) in [6.07, 6.45) is 1.14. The van der Waals surface area contributed by atoms with Gasteiger partial charge in [0.25, 0.3) is 5.91 Å². The molecule has 0 spiro atoms. The van der Waals surface area contributed by atoms with Crippen LogP contribution in [-0.2, 0) is 14.8 Å². The fourth-order valence-electron chi connectivity index (χ4n) is 2.31. The van der Waals surface area contributed by atoms with Crippen molar-refractivity contribution in [3.05, 3.63) is 60.2 Å². The Morgan fingerprint density at radius 3 is 2.31 bits per heavy atom. The van der Waals surface area contributed by atoms with Gasteiger partial charge < -0.3 is 10.1 Å². The summed E-state index contributed by atoms with van der Waals surface area (Å²) in [4.78, 5) is 11.9. The van der Waals surface area contributed by atoms with Gasteiger partial charge in [-0.3, -0.25) is 9.10 Å². The maximum absolute atomic E-state index is 11.9. The molecule has 0 bridgehead atoms. The van der Waals surface area contributed by atoms with Crippen molar-refractivity contribution in [3.8, 4) is 5.75 Å². The van der Waals surface area contributed by atoms with Crippen molar-refractivity contribution < 1.29 is 17.9 Å². The maximum Gasteiger partial charge on any atom is 0.257 e. The van der Waals surface area contributed by atoms with E-state index < -0.39 is 10.0 Å². The highest BCUT2D eigenvalue weighted by Crippen LogP contribution is 2.20. The van der Waals surface area contributed by atoms with Crippen LogP contribution in [0.1, 0.15) is 18.4 Å². The minimum atomic E-state index is -3.30. The number of carbonyl (C=O) groups excluding carboxylic acids is 1. The number of nitrogens with one attached hydrogen (secondary N) is 1. The van der Waals surface area contributed by atoms with Gasteiger partial charge in [0.2, 0.25) is 10.0 Å². The van der Waals surface area contributed by atoms with E-state index in [-0.39, 0.29) is 18.4 Å². The molecule has 0 aliphatic rings. The molecular formula is C19H24N2O4S. The SMILES string of the molecule is CC(CNC(=O)COc1ccc(N(C)S(C)(=O)=O)cc1)c1ccccc1. The van der Waals surface area contributed by atoms with Crippen LogP contribution < -0.4 is 14.4 Å². The van der Waals surface area contributed by atoms with Gasteiger partial charge in [0.05, 0.1) is 11.9 Å². The number of ether oxygens (including phenoxy) is 1. The molecule has 26 heavy (non-hydrogen) atoms. The third kappa shape index (κ3) is 5.77. The molecule has 1 amide bonds. The average Bonchev–Trinajstić information content (AvgIpc) is 2.64. The number of nitrogens with zero attached hydrogens (tertiary/aromatic N) is 1. The van der Waals surface area contributed by atoms with Gasteiger partial charge in [-0.25, -0.2) is 8.42 Å². The largest absolute Gasteiger partial charge is 0.484 e. The molecule has 0 aliphatic heterocycles. The fourth-order valence-corrected chi connectivity index (χ4v) is 2.81. The van der Waals surface area contributed by atoms with Gasteiger partial charge in [0.15, 0.2) is 6.61 Å². The molecule has 7 heteroatoms. The third-order valence-electron chi connectivity index (χ3n) is 4.04. The molecule has 1 atom stereocenters. The standard InChI is InChI=1S/C19H24N2O4S/c1-15(16-7-5-4-6-8-16)13-20-19(22)14-25-18-11-9-17(10-12-18)21(2)26(3,23)24/h4-12,15H,13-14H2,1-3H3,(H,20,22). The van der Waals surface area contributed by atoms with Crippen LogP contribution in [0.3, 0.4) is 0 Å². The Morgan fingerprint density at radius 1 is 1.12 bits per heavy atom. The summed E-state index contributed by atoms with van der Waals surface area (Å²) in [7, 11) is -1.83. The number of hydrogen-bond donors (Lipinski definition) is 1. The van der Waals surface area contributed by atoms with E-state index in [0.29, 0.717) is 18.0 Å². The first-order valence-electron chi connectivity index (χ1n) is 8.26. The Bertz CT molecular complexity index is 820. The Kier molecular flexibility index (Phi) is 6.63. The number of benzene rings is 2. The molecule has 1 unspecified atom stereocenters. The normalized spacial score (nSPS) is 12.3. The van der Waals surface area contributed by atoms with Crippen molar-refractivity contribution in [1.82, 2.24) is 5.32 Å². The summed E-state index contributed by atoms with van der Waals surface area (Å²) in [6.45, 7) is 2.49. The number of hydrogen-bond acceptors (Lipinski definition) is 4. The number of carbonyl (C=O) groups is 1. The lowest BCUT2D eigenvalue weighted by Gasteiger charge is -2.17. The van der Waals surface area contributed by atoms with Crippen LogP contribution in [0.4, 0.5) is 5.69 Å². The summed E-state index contributed by atoms with van der Waals surface area (Å²) in [5, 5.41) is 2.85. The van der Waals surface area contributed by atoms with Crippen molar-refractivity contribution in [2.75, 3.05) is 30.8 Å². The summed E-state index contributed by atoms with van der Waals surface area (Å²) in [5.74, 6) is 0.512. The van der Waals surface area contributed by atoms with E-state index in [9.17, 15) is 13.2 Å². The summed E-state index contributed by atoms with van der Waals surface area (Å²) < 4.78 is 29.6. The molecule has 0 radical (unpaired) electrons. The van der Waals surface area contributed by atoms with Crippen molar-refractivity contribution in [2.24, 2.45) is 0 Å². The Morgan fingerprint density at radius 2 is 1.73 bits per heavy atom. The highest BCUT2D eigenvalue weighted by atomic mass is 32.2. The van der Waals surface area contributed by atoms with Gasteiger partial charge in [-0.05, 0) is 35.7 Å². The lowest BCUT2D eigenvalue weighted by molar-refractivity contribution is -0.123. The first kappa shape index (κ1) is 19.8. The Labute approximate surface area is 154 Å². The number of rotatable bonds is 8. The topological polar surface area (TPSA) is 75.7 Å². The Hall–Kier alpha value is -2.54. The van der Waals surface area contributed by atoms with Gasteiger partial charge in [-0.2, -0.15) is 0 Å². The van der Waals surface area contributed by atoms with Crippen LogP contribution in [0.2, 0.25) is 0 Å². The zero-order valence-corrected chi connectivity index (χ0v) is 16.0. The van der Waals surface area contributed by atoms with E-state index in [1.165, 1.54) is 16.9 Å². The van der Waals surface area contributed by atoms with Gasteiger partial charge in [-0.15, -0.1) is 0 Å². The summed E-state index contributed by atoms with van der Waals surface area (Å²) in [6, 6.07) is 16.5. The van der Waals surface area contributed by atoms with Gasteiger partial charge in [0.1, 0.15) is 5.75 Å². The van der Waals surface area contributed by atoms with E-state index >= 15 is 0 Å². The monoisotopic (exact) mass is 376 g/mol. The van der Waals surface area contributed by atoms with Gasteiger partial charge >= 0.3 is 0 Å². The molecule has 0 heterocycles. The molecule has 6 nitrogen and oxygen atoms in total. The number of anilines is 1.